The summed E-state index contributed by atoms with van der Waals surface area (Å²) < 4.78 is 0. The van der Waals surface area contributed by atoms with Crippen LogP contribution in [0.4, 0.5) is 11.4 Å². The summed E-state index contributed by atoms with van der Waals surface area (Å²) in [6.45, 7) is 0. The Morgan fingerprint density at radius 2 is 1.84 bits per heavy atom. The minimum Gasteiger partial charge on any atom is -0.378 e. The van der Waals surface area contributed by atoms with Gasteiger partial charge in [-0.25, -0.2) is 0 Å². The molecule has 0 saturated heterocycles. The summed E-state index contributed by atoms with van der Waals surface area (Å²) in [5.41, 5.74) is 6.46. The van der Waals surface area contributed by atoms with Gasteiger partial charge in [-0.2, -0.15) is 0 Å². The molecule has 1 aromatic carbocycles. The van der Waals surface area contributed by atoms with Crippen molar-refractivity contribution >= 4 is 34.6 Å². The molecule has 2 unspecified atom stereocenters. The number of nitrogens with one attached hydrogen (secondary N) is 1. The summed E-state index contributed by atoms with van der Waals surface area (Å²) in [6.07, 6.45) is 4.14. The fraction of sp³-hybridized carbons (Fsp3) is 0.500. The highest BCUT2D eigenvalue weighted by Crippen LogP contribution is 2.36. The number of rotatable bonds is 3. The standard InChI is InChI=1S/C12H15Cl2N3O2/c13-8-5-7(17(18)19)6-9(14)12(8)16-11-4-2-1-3-10(11)15/h5-6,10-11,16H,1-4,15H2. The van der Waals surface area contributed by atoms with Crippen LogP contribution in [0.3, 0.4) is 0 Å². The molecule has 1 aliphatic rings. The number of halogens is 2. The predicted molar refractivity (Wildman–Crippen MR) is 77.0 cm³/mol. The molecule has 7 heteroatoms. The molecule has 104 valence electrons. The zero-order valence-corrected chi connectivity index (χ0v) is 11.7. The Morgan fingerprint density at radius 1 is 1.26 bits per heavy atom. The summed E-state index contributed by atoms with van der Waals surface area (Å²) in [6, 6.07) is 2.75. The number of nitro groups is 1. The average molecular weight is 304 g/mol. The van der Waals surface area contributed by atoms with E-state index >= 15 is 0 Å². The number of hydrogen-bond acceptors (Lipinski definition) is 4. The van der Waals surface area contributed by atoms with Crippen molar-refractivity contribution in [3.63, 3.8) is 0 Å². The Hall–Kier alpha value is -1.04. The monoisotopic (exact) mass is 303 g/mol. The quantitative estimate of drug-likeness (QED) is 0.660. The van der Waals surface area contributed by atoms with Crippen LogP contribution in [0.25, 0.3) is 0 Å². The van der Waals surface area contributed by atoms with Gasteiger partial charge in [-0.05, 0) is 12.8 Å². The van der Waals surface area contributed by atoms with Crippen molar-refractivity contribution in [1.82, 2.24) is 0 Å². The van der Waals surface area contributed by atoms with Gasteiger partial charge in [0, 0.05) is 24.2 Å². The van der Waals surface area contributed by atoms with Crippen LogP contribution in [-0.4, -0.2) is 17.0 Å². The summed E-state index contributed by atoms with van der Waals surface area (Å²) in [7, 11) is 0. The molecule has 1 aromatic rings. The second-order valence-electron chi connectivity index (χ2n) is 4.74. The normalized spacial score (nSPS) is 23.1. The zero-order chi connectivity index (χ0) is 14.0. The van der Waals surface area contributed by atoms with Gasteiger partial charge in [-0.1, -0.05) is 36.0 Å². The van der Waals surface area contributed by atoms with Gasteiger partial charge in [-0.15, -0.1) is 0 Å². The van der Waals surface area contributed by atoms with Crippen molar-refractivity contribution in [3.05, 3.63) is 32.3 Å². The van der Waals surface area contributed by atoms with Crippen LogP contribution in [0.15, 0.2) is 12.1 Å². The summed E-state index contributed by atoms with van der Waals surface area (Å²) in [4.78, 5) is 10.2. The summed E-state index contributed by atoms with van der Waals surface area (Å²) >= 11 is 12.1. The topological polar surface area (TPSA) is 81.2 Å². The van der Waals surface area contributed by atoms with E-state index in [1.165, 1.54) is 12.1 Å². The van der Waals surface area contributed by atoms with E-state index in [1.54, 1.807) is 0 Å². The highest BCUT2D eigenvalue weighted by atomic mass is 35.5. The van der Waals surface area contributed by atoms with Crippen LogP contribution >= 0.6 is 23.2 Å². The van der Waals surface area contributed by atoms with Crippen LogP contribution < -0.4 is 11.1 Å². The molecule has 0 amide bonds. The van der Waals surface area contributed by atoms with E-state index in [0.717, 1.165) is 25.7 Å². The third-order valence-electron chi connectivity index (χ3n) is 3.39. The zero-order valence-electron chi connectivity index (χ0n) is 10.2. The Bertz CT molecular complexity index is 473. The molecular weight excluding hydrogens is 289 g/mol. The highest BCUT2D eigenvalue weighted by molar-refractivity contribution is 6.39. The number of anilines is 1. The van der Waals surface area contributed by atoms with Gasteiger partial charge in [0.05, 0.1) is 20.7 Å². The lowest BCUT2D eigenvalue weighted by Crippen LogP contribution is -2.42. The molecule has 0 bridgehead atoms. The second kappa shape index (κ2) is 5.94. The maximum atomic E-state index is 10.7. The molecule has 1 saturated carbocycles. The molecule has 1 aliphatic carbocycles. The first-order chi connectivity index (χ1) is 8.99. The fourth-order valence-electron chi connectivity index (χ4n) is 2.33. The summed E-state index contributed by atoms with van der Waals surface area (Å²) in [5, 5.41) is 14.4. The lowest BCUT2D eigenvalue weighted by atomic mass is 9.91. The molecule has 2 rings (SSSR count). The van der Waals surface area contributed by atoms with Crippen LogP contribution in [0.2, 0.25) is 10.0 Å². The highest BCUT2D eigenvalue weighted by Gasteiger charge is 2.24. The minimum absolute atomic E-state index is 0.0519. The molecule has 0 aliphatic heterocycles. The minimum atomic E-state index is -0.520. The molecule has 0 radical (unpaired) electrons. The van der Waals surface area contributed by atoms with Crippen molar-refractivity contribution in [2.24, 2.45) is 5.73 Å². The van der Waals surface area contributed by atoms with Gasteiger partial charge in [0.2, 0.25) is 0 Å². The van der Waals surface area contributed by atoms with E-state index in [1.807, 2.05) is 0 Å². The molecule has 0 spiro atoms. The molecule has 0 heterocycles. The SMILES string of the molecule is NC1CCCCC1Nc1c(Cl)cc([N+](=O)[O-])cc1Cl. The molecule has 3 N–H and O–H groups in total. The van der Waals surface area contributed by atoms with E-state index in [0.29, 0.717) is 5.69 Å². The van der Waals surface area contributed by atoms with Crippen molar-refractivity contribution in [2.45, 2.75) is 37.8 Å². The predicted octanol–water partition coefficient (Wildman–Crippen LogP) is 3.58. The van der Waals surface area contributed by atoms with Crippen LogP contribution in [0, 0.1) is 10.1 Å². The maximum absolute atomic E-state index is 10.7. The van der Waals surface area contributed by atoms with Crippen LogP contribution in [-0.2, 0) is 0 Å². The lowest BCUT2D eigenvalue weighted by molar-refractivity contribution is -0.384. The van der Waals surface area contributed by atoms with Gasteiger partial charge in [0.25, 0.3) is 5.69 Å². The smallest absolute Gasteiger partial charge is 0.272 e. The van der Waals surface area contributed by atoms with E-state index in [4.69, 9.17) is 28.9 Å². The first kappa shape index (κ1) is 14.4. The van der Waals surface area contributed by atoms with Crippen molar-refractivity contribution < 1.29 is 4.92 Å². The number of benzene rings is 1. The van der Waals surface area contributed by atoms with E-state index < -0.39 is 4.92 Å². The van der Waals surface area contributed by atoms with Crippen molar-refractivity contribution in [2.75, 3.05) is 5.32 Å². The summed E-state index contributed by atoms with van der Waals surface area (Å²) in [5.74, 6) is 0. The third-order valence-corrected chi connectivity index (χ3v) is 3.98. The molecule has 19 heavy (non-hydrogen) atoms. The Labute approximate surface area is 121 Å². The Balaban J connectivity index is 2.22. The second-order valence-corrected chi connectivity index (χ2v) is 5.56. The average Bonchev–Trinajstić information content (AvgIpc) is 2.35. The van der Waals surface area contributed by atoms with Gasteiger partial charge < -0.3 is 11.1 Å². The molecule has 0 aromatic heterocycles. The molecular formula is C12H15Cl2N3O2. The molecule has 1 fully saturated rings. The van der Waals surface area contributed by atoms with Gasteiger partial charge in [-0.3, -0.25) is 10.1 Å². The number of nitrogens with two attached hydrogens (primary N) is 1. The molecule has 5 nitrogen and oxygen atoms in total. The van der Waals surface area contributed by atoms with Crippen molar-refractivity contribution in [3.8, 4) is 0 Å². The molecule has 2 atom stereocenters. The number of hydrogen-bond donors (Lipinski definition) is 2. The van der Waals surface area contributed by atoms with E-state index in [9.17, 15) is 10.1 Å². The van der Waals surface area contributed by atoms with E-state index in [-0.39, 0.29) is 27.8 Å². The Kier molecular flexibility index (Phi) is 4.50. The van der Waals surface area contributed by atoms with E-state index in [2.05, 4.69) is 5.32 Å². The van der Waals surface area contributed by atoms with Crippen LogP contribution in [0.1, 0.15) is 25.7 Å². The lowest BCUT2D eigenvalue weighted by Gasteiger charge is -2.30. The van der Waals surface area contributed by atoms with Gasteiger partial charge in [0.1, 0.15) is 0 Å². The number of non-ortho nitro benzene ring substituents is 1. The first-order valence-electron chi connectivity index (χ1n) is 6.14. The fourth-order valence-corrected chi connectivity index (χ4v) is 2.91. The largest absolute Gasteiger partial charge is 0.378 e. The van der Waals surface area contributed by atoms with Gasteiger partial charge >= 0.3 is 0 Å². The Morgan fingerprint density at radius 3 is 2.37 bits per heavy atom. The number of nitrogens with zero attached hydrogens (tertiary/aromatic N) is 1. The maximum Gasteiger partial charge on any atom is 0.272 e. The van der Waals surface area contributed by atoms with Crippen LogP contribution in [0.5, 0.6) is 0 Å². The van der Waals surface area contributed by atoms with Crippen molar-refractivity contribution in [1.29, 1.82) is 0 Å². The first-order valence-corrected chi connectivity index (χ1v) is 6.90. The van der Waals surface area contributed by atoms with Gasteiger partial charge in [0.15, 0.2) is 0 Å². The number of nitro benzene ring substituents is 1. The third kappa shape index (κ3) is 3.29.